The quantitative estimate of drug-likeness (QED) is 0.844. The van der Waals surface area contributed by atoms with E-state index in [0.29, 0.717) is 13.1 Å². The molecule has 6 nitrogen and oxygen atoms in total. The second-order valence-corrected chi connectivity index (χ2v) is 7.29. The number of rotatable bonds is 5. The molecule has 3 N–H and O–H groups in total. The zero-order valence-electron chi connectivity index (χ0n) is 10.9. The first-order chi connectivity index (χ1) is 9.04. The summed E-state index contributed by atoms with van der Waals surface area (Å²) < 4.78 is 29.0. The van der Waals surface area contributed by atoms with Crippen molar-refractivity contribution in [1.82, 2.24) is 14.0 Å². The van der Waals surface area contributed by atoms with Crippen molar-refractivity contribution in [2.24, 2.45) is 5.73 Å². The molecule has 1 aliphatic rings. The minimum atomic E-state index is -3.50. The molecule has 0 radical (unpaired) electrons. The number of piperidine rings is 1. The number of hydrogen-bond donors (Lipinski definition) is 2. The highest BCUT2D eigenvalue weighted by Crippen LogP contribution is 2.22. The van der Waals surface area contributed by atoms with Gasteiger partial charge >= 0.3 is 0 Å². The molecule has 1 aliphatic heterocycles. The Balaban J connectivity index is 2.08. The van der Waals surface area contributed by atoms with Gasteiger partial charge in [0.1, 0.15) is 5.01 Å². The van der Waals surface area contributed by atoms with E-state index in [1.807, 2.05) is 5.38 Å². The summed E-state index contributed by atoms with van der Waals surface area (Å²) in [5, 5.41) is 2.61. The van der Waals surface area contributed by atoms with E-state index in [-0.39, 0.29) is 12.1 Å². The van der Waals surface area contributed by atoms with Crippen LogP contribution in [0.2, 0.25) is 0 Å². The van der Waals surface area contributed by atoms with Gasteiger partial charge in [-0.25, -0.2) is 4.98 Å². The van der Waals surface area contributed by atoms with Gasteiger partial charge in [-0.2, -0.15) is 17.4 Å². The topological polar surface area (TPSA) is 88.3 Å². The normalized spacial score (nSPS) is 23.4. The van der Waals surface area contributed by atoms with Crippen molar-refractivity contribution in [1.29, 1.82) is 0 Å². The number of nitrogens with two attached hydrogens (primary N) is 1. The van der Waals surface area contributed by atoms with Crippen LogP contribution < -0.4 is 10.5 Å². The number of nitrogens with one attached hydrogen (secondary N) is 1. The van der Waals surface area contributed by atoms with Crippen LogP contribution in [0.25, 0.3) is 0 Å². The van der Waals surface area contributed by atoms with Crippen molar-refractivity contribution in [3.05, 3.63) is 16.6 Å². The van der Waals surface area contributed by atoms with Crippen LogP contribution in [0.3, 0.4) is 0 Å². The first-order valence-corrected chi connectivity index (χ1v) is 8.75. The molecule has 0 aromatic carbocycles. The average molecular weight is 304 g/mol. The molecular weight excluding hydrogens is 284 g/mol. The van der Waals surface area contributed by atoms with Gasteiger partial charge in [0, 0.05) is 30.7 Å². The van der Waals surface area contributed by atoms with Crippen LogP contribution in [-0.2, 0) is 10.2 Å². The fourth-order valence-electron chi connectivity index (χ4n) is 2.32. The minimum absolute atomic E-state index is 0.0882. The molecule has 1 fully saturated rings. The van der Waals surface area contributed by atoms with Gasteiger partial charge in [0.25, 0.3) is 10.2 Å². The Morgan fingerprint density at radius 2 is 2.42 bits per heavy atom. The molecule has 1 saturated heterocycles. The lowest BCUT2D eigenvalue weighted by molar-refractivity contribution is 0.253. The van der Waals surface area contributed by atoms with Gasteiger partial charge < -0.3 is 5.73 Å². The molecule has 0 bridgehead atoms. The van der Waals surface area contributed by atoms with Crippen molar-refractivity contribution >= 4 is 21.5 Å². The van der Waals surface area contributed by atoms with E-state index >= 15 is 0 Å². The van der Waals surface area contributed by atoms with Gasteiger partial charge in [0.15, 0.2) is 0 Å². The van der Waals surface area contributed by atoms with Gasteiger partial charge in [-0.15, -0.1) is 11.3 Å². The van der Waals surface area contributed by atoms with E-state index in [0.717, 1.165) is 24.3 Å². The second-order valence-electron chi connectivity index (χ2n) is 4.71. The SMILES string of the molecule is CC(NS(=O)(=O)N1CCCCC1CN)c1nccs1. The Labute approximate surface area is 118 Å². The largest absolute Gasteiger partial charge is 0.329 e. The molecule has 2 heterocycles. The van der Waals surface area contributed by atoms with E-state index in [1.165, 1.54) is 15.6 Å². The van der Waals surface area contributed by atoms with Crippen LogP contribution >= 0.6 is 11.3 Å². The van der Waals surface area contributed by atoms with Crippen LogP contribution in [0, 0.1) is 0 Å². The molecule has 8 heteroatoms. The molecule has 0 aliphatic carbocycles. The maximum absolute atomic E-state index is 12.4. The summed E-state index contributed by atoms with van der Waals surface area (Å²) in [6.45, 7) is 2.71. The van der Waals surface area contributed by atoms with E-state index in [2.05, 4.69) is 9.71 Å². The molecule has 19 heavy (non-hydrogen) atoms. The maximum Gasteiger partial charge on any atom is 0.280 e. The van der Waals surface area contributed by atoms with Gasteiger partial charge in [0.2, 0.25) is 0 Å². The molecule has 1 aromatic rings. The highest BCUT2D eigenvalue weighted by Gasteiger charge is 2.32. The highest BCUT2D eigenvalue weighted by atomic mass is 32.2. The lowest BCUT2D eigenvalue weighted by atomic mass is 10.1. The molecule has 1 aromatic heterocycles. The first-order valence-electron chi connectivity index (χ1n) is 6.43. The third-order valence-corrected chi connectivity index (χ3v) is 6.01. The van der Waals surface area contributed by atoms with Crippen LogP contribution in [-0.4, -0.2) is 36.8 Å². The van der Waals surface area contributed by atoms with Crippen molar-refractivity contribution in [2.75, 3.05) is 13.1 Å². The van der Waals surface area contributed by atoms with Gasteiger partial charge in [-0.1, -0.05) is 6.42 Å². The molecule has 2 atom stereocenters. The fraction of sp³-hybridized carbons (Fsp3) is 0.727. The Hall–Kier alpha value is -0.540. The second kappa shape index (κ2) is 6.27. The molecule has 2 unspecified atom stereocenters. The Morgan fingerprint density at radius 1 is 1.63 bits per heavy atom. The summed E-state index contributed by atoms with van der Waals surface area (Å²) in [6.07, 6.45) is 4.44. The first kappa shape index (κ1) is 14.9. The summed E-state index contributed by atoms with van der Waals surface area (Å²) in [5.74, 6) is 0. The number of nitrogens with zero attached hydrogens (tertiary/aromatic N) is 2. The molecule has 0 spiro atoms. The molecule has 2 rings (SSSR count). The van der Waals surface area contributed by atoms with Crippen molar-refractivity contribution in [2.45, 2.75) is 38.3 Å². The monoisotopic (exact) mass is 304 g/mol. The fourth-order valence-corrected chi connectivity index (χ4v) is 4.68. The summed E-state index contributed by atoms with van der Waals surface area (Å²) in [7, 11) is -3.50. The predicted molar refractivity (Wildman–Crippen MR) is 76.0 cm³/mol. The van der Waals surface area contributed by atoms with Gasteiger partial charge in [-0.05, 0) is 19.8 Å². The lowest BCUT2D eigenvalue weighted by Gasteiger charge is -2.34. The summed E-state index contributed by atoms with van der Waals surface area (Å²) in [6, 6.07) is -0.403. The van der Waals surface area contributed by atoms with Crippen LogP contribution in [0.1, 0.15) is 37.2 Å². The molecule has 0 saturated carbocycles. The van der Waals surface area contributed by atoms with Crippen LogP contribution in [0.4, 0.5) is 0 Å². The van der Waals surface area contributed by atoms with Crippen LogP contribution in [0.5, 0.6) is 0 Å². The van der Waals surface area contributed by atoms with Crippen molar-refractivity contribution in [3.63, 3.8) is 0 Å². The van der Waals surface area contributed by atoms with E-state index in [1.54, 1.807) is 13.1 Å². The van der Waals surface area contributed by atoms with Crippen molar-refractivity contribution < 1.29 is 8.42 Å². The molecule has 0 amide bonds. The van der Waals surface area contributed by atoms with Crippen molar-refractivity contribution in [3.8, 4) is 0 Å². The van der Waals surface area contributed by atoms with Gasteiger partial charge in [0.05, 0.1) is 6.04 Å². The van der Waals surface area contributed by atoms with E-state index in [4.69, 9.17) is 5.73 Å². The maximum atomic E-state index is 12.4. The zero-order chi connectivity index (χ0) is 13.9. The molecule has 108 valence electrons. The minimum Gasteiger partial charge on any atom is -0.329 e. The van der Waals surface area contributed by atoms with Gasteiger partial charge in [-0.3, -0.25) is 0 Å². The smallest absolute Gasteiger partial charge is 0.280 e. The summed E-state index contributed by atoms with van der Waals surface area (Å²) in [4.78, 5) is 4.13. The third kappa shape index (κ3) is 3.51. The lowest BCUT2D eigenvalue weighted by Crippen LogP contribution is -2.52. The highest BCUT2D eigenvalue weighted by molar-refractivity contribution is 7.87. The standard InChI is InChI=1S/C11H20N4O2S2/c1-9(11-13-5-7-18-11)14-19(16,17)15-6-3-2-4-10(15)8-12/h5,7,9-10,14H,2-4,6,8,12H2,1H3. The Kier molecular flexibility index (Phi) is 4.91. The number of hydrogen-bond acceptors (Lipinski definition) is 5. The zero-order valence-corrected chi connectivity index (χ0v) is 12.6. The predicted octanol–water partition coefficient (Wildman–Crippen LogP) is 0.852. The third-order valence-electron chi connectivity index (χ3n) is 3.30. The number of thiazole rings is 1. The van der Waals surface area contributed by atoms with Crippen LogP contribution in [0.15, 0.2) is 11.6 Å². The Morgan fingerprint density at radius 3 is 3.05 bits per heavy atom. The molecular formula is C11H20N4O2S2. The Bertz CT molecular complexity index is 489. The summed E-state index contributed by atoms with van der Waals surface area (Å²) in [5.41, 5.74) is 5.67. The summed E-state index contributed by atoms with van der Waals surface area (Å²) >= 11 is 1.44. The number of aromatic nitrogens is 1. The van der Waals surface area contributed by atoms with E-state index < -0.39 is 10.2 Å². The van der Waals surface area contributed by atoms with E-state index in [9.17, 15) is 8.42 Å². The average Bonchev–Trinajstić information content (AvgIpc) is 2.92.